The van der Waals surface area contributed by atoms with Gasteiger partial charge in [-0.15, -0.1) is 0 Å². The highest BCUT2D eigenvalue weighted by Crippen LogP contribution is 2.40. The molecule has 0 aliphatic carbocycles. The zero-order valence-corrected chi connectivity index (χ0v) is 18.5. The summed E-state index contributed by atoms with van der Waals surface area (Å²) in [5.74, 6) is 0.818. The Bertz CT molecular complexity index is 1440. The molecule has 1 N–H and O–H groups in total. The molecule has 1 aliphatic heterocycles. The smallest absolute Gasteiger partial charge is 0.200 e. The molecule has 34 heavy (non-hydrogen) atoms. The van der Waals surface area contributed by atoms with Crippen molar-refractivity contribution in [3.8, 4) is 16.9 Å². The molecular formula is C30H24O4. The molecule has 2 heterocycles. The Morgan fingerprint density at radius 1 is 0.735 bits per heavy atom. The van der Waals surface area contributed by atoms with Crippen LogP contribution in [0.15, 0.2) is 125 Å². The van der Waals surface area contributed by atoms with Gasteiger partial charge in [0.05, 0.1) is 23.7 Å². The molecule has 0 unspecified atom stereocenters. The number of benzene rings is 4. The van der Waals surface area contributed by atoms with E-state index in [0.29, 0.717) is 23.1 Å². The molecule has 0 amide bonds. The number of aliphatic hydroxyl groups excluding tert-OH is 1. The molecule has 0 saturated heterocycles. The van der Waals surface area contributed by atoms with E-state index in [2.05, 4.69) is 0 Å². The second-order valence-electron chi connectivity index (χ2n) is 8.15. The van der Waals surface area contributed by atoms with E-state index in [9.17, 15) is 9.90 Å². The molecule has 0 spiro atoms. The van der Waals surface area contributed by atoms with Crippen LogP contribution in [0.1, 0.15) is 23.1 Å². The Morgan fingerprint density at radius 3 is 2.18 bits per heavy atom. The van der Waals surface area contributed by atoms with Crippen LogP contribution in [0.25, 0.3) is 22.1 Å². The molecule has 4 nitrogen and oxygen atoms in total. The van der Waals surface area contributed by atoms with Crippen LogP contribution < -0.4 is 10.2 Å². The third kappa shape index (κ3) is 4.36. The number of hydrogen-bond donors (Lipinski definition) is 1. The normalized spacial score (nSPS) is 16.6. The maximum Gasteiger partial charge on any atom is 0.200 e. The topological polar surface area (TPSA) is 59.7 Å². The van der Waals surface area contributed by atoms with Gasteiger partial charge < -0.3 is 14.3 Å². The fourth-order valence-corrected chi connectivity index (χ4v) is 4.22. The van der Waals surface area contributed by atoms with Gasteiger partial charge in [-0.05, 0) is 29.3 Å². The van der Waals surface area contributed by atoms with Crippen molar-refractivity contribution >= 4 is 11.0 Å². The van der Waals surface area contributed by atoms with Crippen LogP contribution in [0.4, 0.5) is 0 Å². The molecule has 0 fully saturated rings. The largest absolute Gasteiger partial charge is 0.492 e. The third-order valence-electron chi connectivity index (χ3n) is 6.03. The molecule has 2 atom stereocenters. The highest BCUT2D eigenvalue weighted by Gasteiger charge is 2.29. The van der Waals surface area contributed by atoms with E-state index in [1.807, 2.05) is 97.1 Å². The van der Waals surface area contributed by atoms with E-state index in [1.165, 1.54) is 6.26 Å². The summed E-state index contributed by atoms with van der Waals surface area (Å²) >= 11 is 0. The van der Waals surface area contributed by atoms with Gasteiger partial charge in [0.1, 0.15) is 17.6 Å². The summed E-state index contributed by atoms with van der Waals surface area (Å²) in [5.41, 5.74) is 4.12. The number of ether oxygens (including phenoxy) is 1. The van der Waals surface area contributed by atoms with Crippen molar-refractivity contribution in [3.63, 3.8) is 0 Å². The molecule has 0 bridgehead atoms. The fourth-order valence-electron chi connectivity index (χ4n) is 4.22. The van der Waals surface area contributed by atoms with E-state index in [-0.39, 0.29) is 11.3 Å². The maximum absolute atomic E-state index is 12.3. The van der Waals surface area contributed by atoms with E-state index >= 15 is 0 Å². The van der Waals surface area contributed by atoms with Crippen LogP contribution in [0.5, 0.6) is 5.75 Å². The van der Waals surface area contributed by atoms with E-state index in [1.54, 1.807) is 12.1 Å². The van der Waals surface area contributed by atoms with Gasteiger partial charge in [-0.1, -0.05) is 91.0 Å². The Balaban J connectivity index is 0.000000142. The minimum atomic E-state index is -0.484. The summed E-state index contributed by atoms with van der Waals surface area (Å²) in [6.45, 7) is 0.530. The fraction of sp³-hybridized carbons (Fsp3) is 0.100. The highest BCUT2D eigenvalue weighted by molar-refractivity contribution is 5.81. The summed E-state index contributed by atoms with van der Waals surface area (Å²) < 4.78 is 11.2. The van der Waals surface area contributed by atoms with Crippen LogP contribution in [-0.2, 0) is 0 Å². The molecule has 0 saturated carbocycles. The van der Waals surface area contributed by atoms with Crippen LogP contribution in [0, 0.1) is 0 Å². The number of hydrogen-bond acceptors (Lipinski definition) is 4. The molecule has 4 heteroatoms. The summed E-state index contributed by atoms with van der Waals surface area (Å²) in [6, 6.07) is 34.5. The minimum Gasteiger partial charge on any atom is -0.492 e. The van der Waals surface area contributed by atoms with Crippen LogP contribution in [0.3, 0.4) is 0 Å². The van der Waals surface area contributed by atoms with Crippen molar-refractivity contribution in [1.29, 1.82) is 0 Å². The van der Waals surface area contributed by atoms with Gasteiger partial charge in [-0.25, -0.2) is 0 Å². The molecule has 6 rings (SSSR count). The Morgan fingerprint density at radius 2 is 1.38 bits per heavy atom. The zero-order chi connectivity index (χ0) is 23.3. The van der Waals surface area contributed by atoms with Gasteiger partial charge >= 0.3 is 0 Å². The summed E-state index contributed by atoms with van der Waals surface area (Å²) in [7, 11) is 0. The lowest BCUT2D eigenvalue weighted by Gasteiger charge is -2.30. The zero-order valence-electron chi connectivity index (χ0n) is 18.5. The number of para-hydroxylation sites is 2. The number of aliphatic hydroxyl groups is 1. The van der Waals surface area contributed by atoms with Crippen LogP contribution in [-0.4, -0.2) is 11.7 Å². The summed E-state index contributed by atoms with van der Waals surface area (Å²) in [4.78, 5) is 12.3. The van der Waals surface area contributed by atoms with Crippen molar-refractivity contribution in [2.45, 2.75) is 12.0 Å². The lowest BCUT2D eigenvalue weighted by molar-refractivity contribution is 0.0889. The molecule has 4 aromatic carbocycles. The average molecular weight is 449 g/mol. The van der Waals surface area contributed by atoms with Gasteiger partial charge in [0.2, 0.25) is 0 Å². The highest BCUT2D eigenvalue weighted by atomic mass is 16.5. The minimum absolute atomic E-state index is 0.0121. The Kier molecular flexibility index (Phi) is 6.23. The average Bonchev–Trinajstić information content (AvgIpc) is 2.91. The standard InChI is InChI=1S/C15H14O2.C15H10O2/c2*16-15-12-8-4-5-9-14(12)17-10-13(15)11-6-2-1-3-7-11/h1-9,13,15-16H,10H2;1-10H/t13-,15-;/m1./s1. The van der Waals surface area contributed by atoms with Crippen molar-refractivity contribution in [2.24, 2.45) is 0 Å². The van der Waals surface area contributed by atoms with E-state index in [4.69, 9.17) is 9.15 Å². The van der Waals surface area contributed by atoms with E-state index < -0.39 is 6.10 Å². The van der Waals surface area contributed by atoms with Crippen LogP contribution >= 0.6 is 0 Å². The third-order valence-corrected chi connectivity index (χ3v) is 6.03. The summed E-state index contributed by atoms with van der Waals surface area (Å²) in [6.07, 6.45) is 1.04. The summed E-state index contributed by atoms with van der Waals surface area (Å²) in [5, 5.41) is 11.0. The van der Waals surface area contributed by atoms with Gasteiger partial charge in [0.15, 0.2) is 5.43 Å². The first kappa shape index (κ1) is 21.7. The predicted octanol–water partition coefficient (Wildman–Crippen LogP) is 6.36. The molecule has 0 radical (unpaired) electrons. The van der Waals surface area contributed by atoms with Gasteiger partial charge in [0, 0.05) is 11.5 Å². The quantitative estimate of drug-likeness (QED) is 0.342. The van der Waals surface area contributed by atoms with Crippen molar-refractivity contribution in [3.05, 3.63) is 137 Å². The van der Waals surface area contributed by atoms with Gasteiger partial charge in [0.25, 0.3) is 0 Å². The van der Waals surface area contributed by atoms with Crippen molar-refractivity contribution < 1.29 is 14.3 Å². The Hall–Kier alpha value is -4.15. The first-order valence-electron chi connectivity index (χ1n) is 11.2. The first-order valence-corrected chi connectivity index (χ1v) is 11.2. The number of rotatable bonds is 2. The van der Waals surface area contributed by atoms with Crippen LogP contribution in [0.2, 0.25) is 0 Å². The van der Waals surface area contributed by atoms with Gasteiger partial charge in [-0.2, -0.15) is 0 Å². The lowest BCUT2D eigenvalue weighted by Crippen LogP contribution is -2.24. The van der Waals surface area contributed by atoms with E-state index in [0.717, 1.165) is 22.4 Å². The van der Waals surface area contributed by atoms with Crippen molar-refractivity contribution in [1.82, 2.24) is 0 Å². The second kappa shape index (κ2) is 9.77. The molecule has 168 valence electrons. The molecular weight excluding hydrogens is 424 g/mol. The maximum atomic E-state index is 12.3. The molecule has 1 aliphatic rings. The first-order chi connectivity index (χ1) is 16.7. The lowest BCUT2D eigenvalue weighted by atomic mass is 9.88. The van der Waals surface area contributed by atoms with Gasteiger partial charge in [-0.3, -0.25) is 4.79 Å². The molecule has 5 aromatic rings. The second-order valence-corrected chi connectivity index (χ2v) is 8.15. The number of fused-ring (bicyclic) bond motifs is 2. The SMILES string of the molecule is O=c1c(-c2ccccc2)coc2ccccc12.O[C@@H]1c2ccccc2OC[C@@H]1c1ccccc1. The molecule has 1 aromatic heterocycles. The monoisotopic (exact) mass is 448 g/mol. The predicted molar refractivity (Wildman–Crippen MR) is 134 cm³/mol. The van der Waals surface area contributed by atoms with Crippen molar-refractivity contribution in [2.75, 3.05) is 6.61 Å². The Labute approximate surface area is 197 Å².